The second-order valence-corrected chi connectivity index (χ2v) is 8.15. The van der Waals surface area contributed by atoms with Gasteiger partial charge in [0, 0.05) is 23.6 Å². The first-order chi connectivity index (χ1) is 11.8. The van der Waals surface area contributed by atoms with Gasteiger partial charge in [0.1, 0.15) is 6.33 Å². The smallest absolute Gasteiger partial charge is 0.256 e. The van der Waals surface area contributed by atoms with Crippen molar-refractivity contribution in [3.63, 3.8) is 0 Å². The van der Waals surface area contributed by atoms with E-state index in [4.69, 9.17) is 0 Å². The van der Waals surface area contributed by atoms with Gasteiger partial charge in [-0.3, -0.25) is 4.79 Å². The Bertz CT molecular complexity index is 706. The van der Waals surface area contributed by atoms with E-state index in [9.17, 15) is 4.79 Å². The third kappa shape index (κ3) is 2.92. The summed E-state index contributed by atoms with van der Waals surface area (Å²) in [6.07, 6.45) is 7.90. The van der Waals surface area contributed by atoms with E-state index < -0.39 is 0 Å². The molecule has 2 aromatic rings. The van der Waals surface area contributed by atoms with Gasteiger partial charge in [-0.2, -0.15) is 16.4 Å². The Hall–Kier alpha value is -1.89. The molecule has 1 aliphatic carbocycles. The van der Waals surface area contributed by atoms with Crippen molar-refractivity contribution >= 4 is 17.7 Å². The number of aromatic nitrogens is 4. The lowest BCUT2D eigenvalue weighted by atomic mass is 9.87. The quantitative estimate of drug-likeness (QED) is 0.838. The van der Waals surface area contributed by atoms with Gasteiger partial charge in [0.2, 0.25) is 0 Å². The molecule has 6 nitrogen and oxygen atoms in total. The molecule has 0 atom stereocenters. The van der Waals surface area contributed by atoms with Crippen LogP contribution in [0.1, 0.15) is 42.5 Å². The van der Waals surface area contributed by atoms with E-state index in [2.05, 4.69) is 27.3 Å². The lowest BCUT2D eigenvalue weighted by Gasteiger charge is -2.44. The van der Waals surface area contributed by atoms with Crippen LogP contribution in [0.25, 0.3) is 5.69 Å². The van der Waals surface area contributed by atoms with Gasteiger partial charge < -0.3 is 4.90 Å². The largest absolute Gasteiger partial charge is 0.336 e. The molecule has 1 aromatic heterocycles. The SMILES string of the molecule is O=C(c1ccccc1-n1cnnn1)N1CCSC2(CCCCC2)C1. The number of hydrogen-bond acceptors (Lipinski definition) is 5. The number of carbonyl (C=O) groups is 1. The lowest BCUT2D eigenvalue weighted by Crippen LogP contribution is -2.50. The number of benzene rings is 1. The Morgan fingerprint density at radius 1 is 1.17 bits per heavy atom. The van der Waals surface area contributed by atoms with Crippen LogP contribution in [0.3, 0.4) is 0 Å². The topological polar surface area (TPSA) is 63.9 Å². The first-order valence-electron chi connectivity index (χ1n) is 8.53. The van der Waals surface area contributed by atoms with Crippen LogP contribution in [-0.4, -0.2) is 54.6 Å². The van der Waals surface area contributed by atoms with Crippen molar-refractivity contribution in [1.29, 1.82) is 0 Å². The maximum atomic E-state index is 13.2. The molecule has 0 radical (unpaired) electrons. The highest BCUT2D eigenvalue weighted by Crippen LogP contribution is 2.43. The zero-order valence-corrected chi connectivity index (χ0v) is 14.4. The molecule has 7 heteroatoms. The molecule has 1 saturated carbocycles. The molecule has 1 spiro atoms. The summed E-state index contributed by atoms with van der Waals surface area (Å²) in [5, 5.41) is 11.3. The van der Waals surface area contributed by atoms with E-state index in [0.29, 0.717) is 5.56 Å². The van der Waals surface area contributed by atoms with E-state index in [-0.39, 0.29) is 10.7 Å². The van der Waals surface area contributed by atoms with Crippen molar-refractivity contribution in [1.82, 2.24) is 25.1 Å². The summed E-state index contributed by atoms with van der Waals surface area (Å²) in [7, 11) is 0. The summed E-state index contributed by atoms with van der Waals surface area (Å²) < 4.78 is 1.83. The summed E-state index contributed by atoms with van der Waals surface area (Å²) in [6.45, 7) is 1.68. The third-order valence-corrected chi connectivity index (χ3v) is 6.57. The minimum atomic E-state index is 0.0892. The number of rotatable bonds is 2. The minimum absolute atomic E-state index is 0.0892. The number of thioether (sulfide) groups is 1. The van der Waals surface area contributed by atoms with Gasteiger partial charge in [-0.05, 0) is 35.4 Å². The lowest BCUT2D eigenvalue weighted by molar-refractivity contribution is 0.0730. The molecule has 1 saturated heterocycles. The van der Waals surface area contributed by atoms with E-state index in [1.54, 1.807) is 4.68 Å². The summed E-state index contributed by atoms with van der Waals surface area (Å²) in [5.41, 5.74) is 1.41. The molecule has 2 heterocycles. The van der Waals surface area contributed by atoms with E-state index in [0.717, 1.165) is 24.5 Å². The third-order valence-electron chi connectivity index (χ3n) is 5.03. The molecule has 126 valence electrons. The molecule has 1 amide bonds. The normalized spacial score (nSPS) is 20.2. The van der Waals surface area contributed by atoms with Gasteiger partial charge in [0.05, 0.1) is 11.3 Å². The summed E-state index contributed by atoms with van der Waals surface area (Å²) in [6, 6.07) is 7.56. The minimum Gasteiger partial charge on any atom is -0.336 e. The average Bonchev–Trinajstić information content (AvgIpc) is 3.16. The predicted octanol–water partition coefficient (Wildman–Crippen LogP) is 2.55. The van der Waals surface area contributed by atoms with Gasteiger partial charge in [-0.1, -0.05) is 31.4 Å². The Kier molecular flexibility index (Phi) is 4.26. The number of hydrogen-bond donors (Lipinski definition) is 0. The highest BCUT2D eigenvalue weighted by molar-refractivity contribution is 8.00. The summed E-state index contributed by atoms with van der Waals surface area (Å²) in [5.74, 6) is 1.12. The Morgan fingerprint density at radius 3 is 2.79 bits per heavy atom. The van der Waals surface area contributed by atoms with Gasteiger partial charge >= 0.3 is 0 Å². The molecule has 2 fully saturated rings. The van der Waals surface area contributed by atoms with Crippen LogP contribution < -0.4 is 0 Å². The Balaban J connectivity index is 1.60. The highest BCUT2D eigenvalue weighted by atomic mass is 32.2. The fourth-order valence-electron chi connectivity index (χ4n) is 3.81. The maximum Gasteiger partial charge on any atom is 0.256 e. The zero-order valence-electron chi connectivity index (χ0n) is 13.6. The molecule has 1 aromatic carbocycles. The number of amides is 1. The van der Waals surface area contributed by atoms with Crippen LogP contribution in [0.5, 0.6) is 0 Å². The Morgan fingerprint density at radius 2 is 2.00 bits per heavy atom. The first-order valence-corrected chi connectivity index (χ1v) is 9.52. The number of para-hydroxylation sites is 1. The van der Waals surface area contributed by atoms with Crippen LogP contribution in [0, 0.1) is 0 Å². The monoisotopic (exact) mass is 343 g/mol. The summed E-state index contributed by atoms with van der Waals surface area (Å²) >= 11 is 2.07. The molecule has 24 heavy (non-hydrogen) atoms. The second kappa shape index (κ2) is 6.55. The second-order valence-electron chi connectivity index (χ2n) is 6.59. The molecule has 2 aliphatic rings. The fourth-order valence-corrected chi connectivity index (χ4v) is 5.38. The predicted molar refractivity (Wildman–Crippen MR) is 93.3 cm³/mol. The number of carbonyl (C=O) groups excluding carboxylic acids is 1. The van der Waals surface area contributed by atoms with E-state index in [1.807, 2.05) is 29.2 Å². The van der Waals surface area contributed by atoms with Crippen molar-refractivity contribution in [2.45, 2.75) is 36.9 Å². The molecular weight excluding hydrogens is 322 g/mol. The number of nitrogens with zero attached hydrogens (tertiary/aromatic N) is 5. The highest BCUT2D eigenvalue weighted by Gasteiger charge is 2.39. The van der Waals surface area contributed by atoms with Crippen molar-refractivity contribution in [3.05, 3.63) is 36.2 Å². The molecule has 0 bridgehead atoms. The first kappa shape index (κ1) is 15.6. The van der Waals surface area contributed by atoms with Crippen LogP contribution in [0.2, 0.25) is 0 Å². The fraction of sp³-hybridized carbons (Fsp3) is 0.529. The molecule has 0 unspecified atom stereocenters. The van der Waals surface area contributed by atoms with Crippen molar-refractivity contribution < 1.29 is 4.79 Å². The van der Waals surface area contributed by atoms with Crippen LogP contribution >= 0.6 is 11.8 Å². The van der Waals surface area contributed by atoms with Crippen molar-refractivity contribution in [2.75, 3.05) is 18.8 Å². The average molecular weight is 343 g/mol. The van der Waals surface area contributed by atoms with E-state index >= 15 is 0 Å². The van der Waals surface area contributed by atoms with Gasteiger partial charge in [0.25, 0.3) is 5.91 Å². The van der Waals surface area contributed by atoms with Crippen LogP contribution in [0.4, 0.5) is 0 Å². The molecular formula is C17H21N5OS. The van der Waals surface area contributed by atoms with E-state index in [1.165, 1.54) is 38.4 Å². The van der Waals surface area contributed by atoms with Gasteiger partial charge in [-0.25, -0.2) is 0 Å². The maximum absolute atomic E-state index is 13.2. The zero-order chi connectivity index (χ0) is 16.4. The van der Waals surface area contributed by atoms with Gasteiger partial charge in [0.15, 0.2) is 0 Å². The Labute approximate surface area is 145 Å². The summed E-state index contributed by atoms with van der Waals surface area (Å²) in [4.78, 5) is 15.2. The van der Waals surface area contributed by atoms with Crippen molar-refractivity contribution in [2.24, 2.45) is 0 Å². The number of tetrazole rings is 1. The standard InChI is InChI=1S/C17H21N5OS/c23-16(14-6-2-3-7-15(14)22-13-18-19-20-22)21-10-11-24-17(12-21)8-4-1-5-9-17/h2-3,6-7,13H,1,4-5,8-12H2. The van der Waals surface area contributed by atoms with Crippen LogP contribution in [-0.2, 0) is 0 Å². The van der Waals surface area contributed by atoms with Gasteiger partial charge in [-0.15, -0.1) is 5.10 Å². The molecule has 0 N–H and O–H groups in total. The molecule has 1 aliphatic heterocycles. The van der Waals surface area contributed by atoms with Crippen molar-refractivity contribution in [3.8, 4) is 5.69 Å². The molecule has 4 rings (SSSR count). The van der Waals surface area contributed by atoms with Crippen LogP contribution in [0.15, 0.2) is 30.6 Å².